The standard InChI is InChI=1S/C19H18F3N5O2S/c20-19(21,22)18(29)9-13(28)24-16-14(18)15(25-26-16)10-5-7-27(8-6-10)17-23-11-3-1-2-4-12(11)30-17/h1-4,10,29H,5-9H2,(H2,24,25,26,28). The van der Waals surface area contributed by atoms with Crippen LogP contribution < -0.4 is 10.2 Å². The topological polar surface area (TPSA) is 94.1 Å². The van der Waals surface area contributed by atoms with Gasteiger partial charge in [0.2, 0.25) is 5.91 Å². The first-order chi connectivity index (χ1) is 14.3. The fourth-order valence-corrected chi connectivity index (χ4v) is 5.27. The molecule has 1 atom stereocenters. The van der Waals surface area contributed by atoms with Gasteiger partial charge in [0, 0.05) is 24.7 Å². The molecule has 2 aromatic heterocycles. The van der Waals surface area contributed by atoms with Crippen molar-refractivity contribution in [3.63, 3.8) is 0 Å². The molecule has 158 valence electrons. The minimum Gasteiger partial charge on any atom is -0.376 e. The number of hydrogen-bond acceptors (Lipinski definition) is 6. The zero-order valence-electron chi connectivity index (χ0n) is 15.7. The number of carbonyl (C=O) groups is 1. The molecule has 1 aromatic carbocycles. The maximum Gasteiger partial charge on any atom is 0.422 e. The third-order valence-corrected chi connectivity index (χ3v) is 6.90. The van der Waals surface area contributed by atoms with Crippen molar-refractivity contribution in [2.45, 2.75) is 37.0 Å². The second kappa shape index (κ2) is 6.67. The van der Waals surface area contributed by atoms with Crippen LogP contribution in [0.3, 0.4) is 0 Å². The number of piperidine rings is 1. The first kappa shape index (κ1) is 19.3. The summed E-state index contributed by atoms with van der Waals surface area (Å²) in [5.74, 6) is -1.39. The molecule has 0 radical (unpaired) electrons. The van der Waals surface area contributed by atoms with Gasteiger partial charge in [-0.15, -0.1) is 0 Å². The number of aromatic nitrogens is 3. The van der Waals surface area contributed by atoms with Crippen LogP contribution >= 0.6 is 11.3 Å². The molecule has 0 aliphatic carbocycles. The summed E-state index contributed by atoms with van der Waals surface area (Å²) in [6.07, 6.45) is -4.90. The molecule has 1 saturated heterocycles. The average Bonchev–Trinajstić information content (AvgIpc) is 3.31. The lowest BCUT2D eigenvalue weighted by Gasteiger charge is -2.36. The van der Waals surface area contributed by atoms with Gasteiger partial charge in [0.05, 0.1) is 22.2 Å². The first-order valence-corrected chi connectivity index (χ1v) is 10.4. The zero-order chi connectivity index (χ0) is 21.1. The molecule has 5 rings (SSSR count). The van der Waals surface area contributed by atoms with E-state index in [0.717, 1.165) is 15.3 Å². The van der Waals surface area contributed by atoms with Gasteiger partial charge in [0.15, 0.2) is 16.6 Å². The van der Waals surface area contributed by atoms with Gasteiger partial charge >= 0.3 is 6.18 Å². The highest BCUT2D eigenvalue weighted by Gasteiger charge is 2.61. The van der Waals surface area contributed by atoms with Crippen molar-refractivity contribution in [1.29, 1.82) is 0 Å². The molecule has 1 unspecified atom stereocenters. The van der Waals surface area contributed by atoms with Crippen LogP contribution in [0.5, 0.6) is 0 Å². The minimum absolute atomic E-state index is 0.240. The number of benzene rings is 1. The van der Waals surface area contributed by atoms with E-state index in [9.17, 15) is 23.1 Å². The van der Waals surface area contributed by atoms with Gasteiger partial charge in [-0.3, -0.25) is 9.89 Å². The number of nitrogens with one attached hydrogen (secondary N) is 2. The van der Waals surface area contributed by atoms with Crippen LogP contribution in [0.1, 0.15) is 36.4 Å². The number of halogens is 3. The number of fused-ring (bicyclic) bond motifs is 2. The first-order valence-electron chi connectivity index (χ1n) is 9.54. The van der Waals surface area contributed by atoms with Crippen LogP contribution in [0.25, 0.3) is 10.2 Å². The summed E-state index contributed by atoms with van der Waals surface area (Å²) >= 11 is 1.59. The third-order valence-electron chi connectivity index (χ3n) is 5.81. The number of nitrogens with zero attached hydrogens (tertiary/aromatic N) is 3. The summed E-state index contributed by atoms with van der Waals surface area (Å²) in [5, 5.41) is 20.2. The van der Waals surface area contributed by atoms with Gasteiger partial charge in [0.1, 0.15) is 0 Å². The average molecular weight is 437 g/mol. The number of aliphatic hydroxyl groups is 1. The highest BCUT2D eigenvalue weighted by Crippen LogP contribution is 2.50. The van der Waals surface area contributed by atoms with E-state index in [2.05, 4.69) is 25.4 Å². The summed E-state index contributed by atoms with van der Waals surface area (Å²) in [6.45, 7) is 1.24. The molecule has 1 amide bonds. The molecule has 4 heterocycles. The fraction of sp³-hybridized carbons (Fsp3) is 0.421. The molecule has 3 aromatic rings. The maximum atomic E-state index is 13.7. The SMILES string of the molecule is O=C1CC(O)(C(F)(F)F)c2c(n[nH]c2C2CCN(c3nc4ccccc4s3)CC2)N1. The van der Waals surface area contributed by atoms with Crippen molar-refractivity contribution in [3.05, 3.63) is 35.5 Å². The van der Waals surface area contributed by atoms with Gasteiger partial charge in [-0.25, -0.2) is 4.98 Å². The van der Waals surface area contributed by atoms with Gasteiger partial charge in [0.25, 0.3) is 0 Å². The van der Waals surface area contributed by atoms with E-state index in [1.807, 2.05) is 24.3 Å². The normalized spacial score (nSPS) is 22.9. The number of anilines is 2. The number of hydrogen-bond donors (Lipinski definition) is 3. The molecule has 7 nitrogen and oxygen atoms in total. The van der Waals surface area contributed by atoms with Crippen molar-refractivity contribution in [1.82, 2.24) is 15.2 Å². The number of alkyl halides is 3. The van der Waals surface area contributed by atoms with Crippen LogP contribution in [-0.4, -0.2) is 45.5 Å². The van der Waals surface area contributed by atoms with E-state index in [0.29, 0.717) is 25.9 Å². The lowest BCUT2D eigenvalue weighted by molar-refractivity contribution is -0.267. The highest BCUT2D eigenvalue weighted by molar-refractivity contribution is 7.22. The Morgan fingerprint density at radius 1 is 1.23 bits per heavy atom. The largest absolute Gasteiger partial charge is 0.422 e. The van der Waals surface area contributed by atoms with Crippen molar-refractivity contribution in [3.8, 4) is 0 Å². The molecule has 2 aliphatic rings. The Bertz CT molecular complexity index is 1090. The molecule has 30 heavy (non-hydrogen) atoms. The van der Waals surface area contributed by atoms with Gasteiger partial charge in [-0.1, -0.05) is 23.5 Å². The predicted octanol–water partition coefficient (Wildman–Crippen LogP) is 3.50. The minimum atomic E-state index is -4.99. The van der Waals surface area contributed by atoms with E-state index in [-0.39, 0.29) is 23.0 Å². The van der Waals surface area contributed by atoms with Gasteiger partial charge in [-0.05, 0) is 25.0 Å². The molecule has 1 fully saturated rings. The Kier molecular flexibility index (Phi) is 4.30. The van der Waals surface area contributed by atoms with E-state index >= 15 is 0 Å². The summed E-state index contributed by atoms with van der Waals surface area (Å²) < 4.78 is 42.2. The van der Waals surface area contributed by atoms with Crippen molar-refractivity contribution in [2.24, 2.45) is 0 Å². The number of carbonyl (C=O) groups excluding carboxylic acids is 1. The molecule has 2 aliphatic heterocycles. The summed E-state index contributed by atoms with van der Waals surface area (Å²) in [6, 6.07) is 7.84. The Hall–Kier alpha value is -2.66. The van der Waals surface area contributed by atoms with Gasteiger partial charge < -0.3 is 15.3 Å². The summed E-state index contributed by atoms with van der Waals surface area (Å²) in [5.41, 5.74) is -2.42. The summed E-state index contributed by atoms with van der Waals surface area (Å²) in [4.78, 5) is 18.5. The Morgan fingerprint density at radius 3 is 2.67 bits per heavy atom. The molecule has 0 saturated carbocycles. The van der Waals surface area contributed by atoms with Gasteiger partial charge in [-0.2, -0.15) is 18.3 Å². The maximum absolute atomic E-state index is 13.7. The van der Waals surface area contributed by atoms with E-state index in [1.54, 1.807) is 11.3 Å². The molecule has 3 N–H and O–H groups in total. The fourth-order valence-electron chi connectivity index (χ4n) is 4.25. The smallest absolute Gasteiger partial charge is 0.376 e. The summed E-state index contributed by atoms with van der Waals surface area (Å²) in [7, 11) is 0. The van der Waals surface area contributed by atoms with Crippen molar-refractivity contribution < 1.29 is 23.1 Å². The van der Waals surface area contributed by atoms with Crippen LogP contribution in [-0.2, 0) is 10.4 Å². The number of H-pyrrole nitrogens is 1. The Morgan fingerprint density at radius 2 is 1.97 bits per heavy atom. The number of amides is 1. The molecular weight excluding hydrogens is 419 g/mol. The third kappa shape index (κ3) is 2.95. The quantitative estimate of drug-likeness (QED) is 0.571. The van der Waals surface area contributed by atoms with Crippen LogP contribution in [0, 0.1) is 0 Å². The zero-order valence-corrected chi connectivity index (χ0v) is 16.5. The lowest BCUT2D eigenvalue weighted by atomic mass is 9.81. The van der Waals surface area contributed by atoms with Crippen LogP contribution in [0.2, 0.25) is 0 Å². The highest BCUT2D eigenvalue weighted by atomic mass is 32.1. The second-order valence-corrected chi connectivity index (χ2v) is 8.68. The lowest BCUT2D eigenvalue weighted by Crippen LogP contribution is -2.48. The second-order valence-electron chi connectivity index (χ2n) is 7.67. The molecule has 11 heteroatoms. The molecule has 0 bridgehead atoms. The molecule has 0 spiro atoms. The van der Waals surface area contributed by atoms with Crippen molar-refractivity contribution >= 4 is 38.4 Å². The Balaban J connectivity index is 1.40. The number of thiazole rings is 1. The van der Waals surface area contributed by atoms with E-state index in [4.69, 9.17) is 0 Å². The van der Waals surface area contributed by atoms with Crippen molar-refractivity contribution in [2.75, 3.05) is 23.3 Å². The Labute approximate surface area is 172 Å². The van der Waals surface area contributed by atoms with Crippen LogP contribution in [0.4, 0.5) is 24.1 Å². The predicted molar refractivity (Wildman–Crippen MR) is 106 cm³/mol. The number of para-hydroxylation sites is 1. The van der Waals surface area contributed by atoms with E-state index in [1.165, 1.54) is 0 Å². The number of rotatable bonds is 2. The monoisotopic (exact) mass is 437 g/mol. The van der Waals surface area contributed by atoms with E-state index < -0.39 is 24.1 Å². The van der Waals surface area contributed by atoms with Crippen LogP contribution in [0.15, 0.2) is 24.3 Å². The molecular formula is C19H18F3N5O2S. The number of aromatic amines is 1.